The van der Waals surface area contributed by atoms with Crippen molar-refractivity contribution >= 4 is 25.5 Å². The second-order valence-corrected chi connectivity index (χ2v) is 8.50. The number of ether oxygens (including phenoxy) is 1. The molecular weight excluding hydrogens is 338 g/mol. The first-order valence-corrected chi connectivity index (χ1v) is 10.2. The molecule has 0 atom stereocenters. The molecule has 2 aromatic carbocycles. The van der Waals surface area contributed by atoms with Crippen LogP contribution in [0.1, 0.15) is 6.92 Å². The summed E-state index contributed by atoms with van der Waals surface area (Å²) in [7, 11) is -7.07. The summed E-state index contributed by atoms with van der Waals surface area (Å²) in [6.45, 7) is 2.34. The predicted octanol–water partition coefficient (Wildman–Crippen LogP) is 2.29. The molecule has 0 fully saturated rings. The minimum Gasteiger partial charge on any atom is -0.494 e. The van der Waals surface area contributed by atoms with Crippen LogP contribution in [-0.4, -0.2) is 29.7 Å². The van der Waals surface area contributed by atoms with Crippen LogP contribution in [0, 0.1) is 0 Å². The molecule has 2 aromatic rings. The maximum absolute atomic E-state index is 12.3. The van der Waals surface area contributed by atoms with E-state index in [9.17, 15) is 16.8 Å². The molecule has 0 saturated carbocycles. The van der Waals surface area contributed by atoms with E-state index in [1.54, 1.807) is 12.1 Å². The van der Waals surface area contributed by atoms with Gasteiger partial charge in [-0.1, -0.05) is 0 Å². The second-order valence-electron chi connectivity index (χ2n) is 4.81. The van der Waals surface area contributed by atoms with E-state index in [0.29, 0.717) is 12.4 Å². The largest absolute Gasteiger partial charge is 0.494 e. The zero-order valence-corrected chi connectivity index (χ0v) is 14.3. The Balaban J connectivity index is 2.20. The first kappa shape index (κ1) is 17.3. The number of benzene rings is 2. The fourth-order valence-electron chi connectivity index (χ4n) is 1.87. The Labute approximate surface area is 136 Å². The Kier molecular flexibility index (Phi) is 4.96. The second kappa shape index (κ2) is 6.59. The molecule has 0 heterocycles. The van der Waals surface area contributed by atoms with E-state index in [-0.39, 0.29) is 15.5 Å². The number of rotatable bonds is 6. The van der Waals surface area contributed by atoms with Crippen LogP contribution in [-0.2, 0) is 19.9 Å². The number of sulfone groups is 1. The average molecular weight is 355 g/mol. The Morgan fingerprint density at radius 3 is 1.87 bits per heavy atom. The molecule has 0 aliphatic carbocycles. The van der Waals surface area contributed by atoms with Gasteiger partial charge in [0.15, 0.2) is 9.84 Å². The predicted molar refractivity (Wildman–Crippen MR) is 88.0 cm³/mol. The summed E-state index contributed by atoms with van der Waals surface area (Å²) >= 11 is 0. The normalized spacial score (nSPS) is 11.9. The van der Waals surface area contributed by atoms with Gasteiger partial charge in [0.1, 0.15) is 5.75 Å². The lowest BCUT2D eigenvalue weighted by Gasteiger charge is -2.09. The number of nitrogens with one attached hydrogen (secondary N) is 1. The minimum atomic E-state index is -3.75. The maximum Gasteiger partial charge on any atom is 0.261 e. The van der Waals surface area contributed by atoms with Crippen molar-refractivity contribution in [3.63, 3.8) is 0 Å². The van der Waals surface area contributed by atoms with Gasteiger partial charge in [-0.2, -0.15) is 0 Å². The van der Waals surface area contributed by atoms with Crippen LogP contribution in [0.25, 0.3) is 0 Å². The van der Waals surface area contributed by atoms with Crippen molar-refractivity contribution in [1.29, 1.82) is 0 Å². The molecule has 23 heavy (non-hydrogen) atoms. The van der Waals surface area contributed by atoms with Gasteiger partial charge in [0, 0.05) is 11.9 Å². The summed E-state index contributed by atoms with van der Waals surface area (Å²) in [5.74, 6) is 0.587. The van der Waals surface area contributed by atoms with Crippen molar-refractivity contribution in [2.75, 3.05) is 17.6 Å². The quantitative estimate of drug-likeness (QED) is 0.859. The Morgan fingerprint density at radius 2 is 1.39 bits per heavy atom. The van der Waals surface area contributed by atoms with E-state index >= 15 is 0 Å². The first-order valence-electron chi connectivity index (χ1n) is 6.78. The lowest BCUT2D eigenvalue weighted by molar-refractivity contribution is 0.340. The molecule has 2 rings (SSSR count). The van der Waals surface area contributed by atoms with Crippen molar-refractivity contribution in [2.24, 2.45) is 0 Å². The summed E-state index contributed by atoms with van der Waals surface area (Å²) in [6, 6.07) is 11.5. The van der Waals surface area contributed by atoms with Gasteiger partial charge in [0.25, 0.3) is 10.0 Å². The van der Waals surface area contributed by atoms with E-state index < -0.39 is 19.9 Å². The molecule has 0 aliphatic rings. The molecule has 124 valence electrons. The third-order valence-corrected chi connectivity index (χ3v) is 5.51. The van der Waals surface area contributed by atoms with Crippen molar-refractivity contribution in [1.82, 2.24) is 0 Å². The number of hydrogen-bond donors (Lipinski definition) is 1. The molecule has 0 spiro atoms. The fourth-order valence-corrected chi connectivity index (χ4v) is 3.56. The van der Waals surface area contributed by atoms with Crippen molar-refractivity contribution in [3.8, 4) is 5.75 Å². The average Bonchev–Trinajstić information content (AvgIpc) is 2.47. The van der Waals surface area contributed by atoms with Crippen LogP contribution in [0.2, 0.25) is 0 Å². The highest BCUT2D eigenvalue weighted by Gasteiger charge is 2.15. The summed E-state index contributed by atoms with van der Waals surface area (Å²) < 4.78 is 55.0. The van der Waals surface area contributed by atoms with Gasteiger partial charge >= 0.3 is 0 Å². The third-order valence-electron chi connectivity index (χ3n) is 2.98. The van der Waals surface area contributed by atoms with E-state index in [0.717, 1.165) is 6.26 Å². The number of sulfonamides is 1. The Morgan fingerprint density at radius 1 is 0.870 bits per heavy atom. The van der Waals surface area contributed by atoms with Crippen LogP contribution < -0.4 is 9.46 Å². The van der Waals surface area contributed by atoms with E-state index in [1.165, 1.54) is 36.4 Å². The van der Waals surface area contributed by atoms with Gasteiger partial charge < -0.3 is 4.74 Å². The highest BCUT2D eigenvalue weighted by atomic mass is 32.2. The van der Waals surface area contributed by atoms with Crippen LogP contribution in [0.5, 0.6) is 5.75 Å². The number of hydrogen-bond acceptors (Lipinski definition) is 5. The van der Waals surface area contributed by atoms with E-state index in [2.05, 4.69) is 4.72 Å². The Bertz CT molecular complexity index is 870. The molecule has 0 saturated heterocycles. The molecule has 1 N–H and O–H groups in total. The summed E-state index contributed by atoms with van der Waals surface area (Å²) in [5.41, 5.74) is 0.284. The van der Waals surface area contributed by atoms with Crippen LogP contribution in [0.3, 0.4) is 0 Å². The lowest BCUT2D eigenvalue weighted by atomic mass is 10.3. The van der Waals surface area contributed by atoms with Crippen molar-refractivity contribution < 1.29 is 21.6 Å². The molecule has 8 heteroatoms. The number of anilines is 1. The zero-order valence-electron chi connectivity index (χ0n) is 12.7. The minimum absolute atomic E-state index is 0.0909. The molecule has 0 aliphatic heterocycles. The molecule has 0 radical (unpaired) electrons. The van der Waals surface area contributed by atoms with Gasteiger partial charge in [-0.3, -0.25) is 4.72 Å². The van der Waals surface area contributed by atoms with Gasteiger partial charge in [-0.05, 0) is 55.5 Å². The molecule has 0 aromatic heterocycles. The van der Waals surface area contributed by atoms with Crippen molar-refractivity contribution in [3.05, 3.63) is 48.5 Å². The van der Waals surface area contributed by atoms with Gasteiger partial charge in [-0.15, -0.1) is 0 Å². The summed E-state index contributed by atoms with van der Waals surface area (Å²) in [5, 5.41) is 0. The Hall–Kier alpha value is -2.06. The molecule has 0 amide bonds. The smallest absolute Gasteiger partial charge is 0.261 e. The SMILES string of the molecule is CCOc1ccc(S(=O)(=O)Nc2ccc(S(C)(=O)=O)cc2)cc1. The van der Waals surface area contributed by atoms with E-state index in [1.807, 2.05) is 6.92 Å². The van der Waals surface area contributed by atoms with Gasteiger partial charge in [0.05, 0.1) is 16.4 Å². The van der Waals surface area contributed by atoms with Gasteiger partial charge in [0.2, 0.25) is 0 Å². The molecule has 6 nitrogen and oxygen atoms in total. The molecule has 0 bridgehead atoms. The van der Waals surface area contributed by atoms with Crippen LogP contribution in [0.15, 0.2) is 58.3 Å². The summed E-state index contributed by atoms with van der Waals surface area (Å²) in [6.07, 6.45) is 1.09. The topological polar surface area (TPSA) is 89.5 Å². The van der Waals surface area contributed by atoms with Crippen LogP contribution >= 0.6 is 0 Å². The van der Waals surface area contributed by atoms with Crippen LogP contribution in [0.4, 0.5) is 5.69 Å². The van der Waals surface area contributed by atoms with Crippen molar-refractivity contribution in [2.45, 2.75) is 16.7 Å². The first-order chi connectivity index (χ1) is 10.7. The van der Waals surface area contributed by atoms with Gasteiger partial charge in [-0.25, -0.2) is 16.8 Å². The monoisotopic (exact) mass is 355 g/mol. The molecular formula is C15H17NO5S2. The van der Waals surface area contributed by atoms with E-state index in [4.69, 9.17) is 4.74 Å². The maximum atomic E-state index is 12.3. The lowest BCUT2D eigenvalue weighted by Crippen LogP contribution is -2.13. The fraction of sp³-hybridized carbons (Fsp3) is 0.200. The summed E-state index contributed by atoms with van der Waals surface area (Å²) in [4.78, 5) is 0.217. The third kappa shape index (κ3) is 4.46. The highest BCUT2D eigenvalue weighted by Crippen LogP contribution is 2.20. The molecule has 0 unspecified atom stereocenters. The zero-order chi connectivity index (χ0) is 17.1. The highest BCUT2D eigenvalue weighted by molar-refractivity contribution is 7.92. The standard InChI is InChI=1S/C15H17NO5S2/c1-3-21-13-6-10-15(11-7-13)23(19,20)16-12-4-8-14(9-5-12)22(2,17)18/h4-11,16H,3H2,1-2H3.